The van der Waals surface area contributed by atoms with E-state index in [0.717, 1.165) is 37.7 Å². The summed E-state index contributed by atoms with van der Waals surface area (Å²) < 4.78 is 0. The molecule has 0 aliphatic carbocycles. The molecule has 0 radical (unpaired) electrons. The Bertz CT molecular complexity index is 929. The molecule has 3 aromatic rings. The van der Waals surface area contributed by atoms with Crippen LogP contribution in [0, 0.1) is 20.8 Å². The molecule has 2 aromatic heterocycles. The van der Waals surface area contributed by atoms with Crippen LogP contribution in [-0.4, -0.2) is 11.0 Å². The van der Waals surface area contributed by atoms with Gasteiger partial charge in [0, 0.05) is 11.1 Å². The predicted molar refractivity (Wildman–Crippen MR) is 91.4 cm³/mol. The maximum absolute atomic E-state index is 12.7. The van der Waals surface area contributed by atoms with Crippen LogP contribution >= 0.6 is 11.3 Å². The van der Waals surface area contributed by atoms with Gasteiger partial charge in [0.1, 0.15) is 4.83 Å². The molecule has 5 heteroatoms. The van der Waals surface area contributed by atoms with E-state index in [1.54, 1.807) is 22.4 Å². The van der Waals surface area contributed by atoms with Crippen molar-refractivity contribution in [2.45, 2.75) is 20.8 Å². The van der Waals surface area contributed by atoms with E-state index < -0.39 is 0 Å². The number of aryl methyl sites for hydroxylation is 3. The Balaban J connectivity index is 2.01. The summed E-state index contributed by atoms with van der Waals surface area (Å²) >= 11 is 1.61. The minimum Gasteiger partial charge on any atom is -0.305 e. The van der Waals surface area contributed by atoms with Crippen molar-refractivity contribution in [3.63, 3.8) is 0 Å². The van der Waals surface area contributed by atoms with Gasteiger partial charge in [-0.3, -0.25) is 4.90 Å². The lowest BCUT2D eigenvalue weighted by Crippen LogP contribution is -2.34. The topological polar surface area (TPSA) is 45.2 Å². The highest BCUT2D eigenvalue weighted by atomic mass is 32.1. The highest BCUT2D eigenvalue weighted by Gasteiger charge is 2.30. The third kappa shape index (κ3) is 1.75. The Morgan fingerprint density at radius 1 is 1.14 bits per heavy atom. The van der Waals surface area contributed by atoms with Gasteiger partial charge in [-0.1, -0.05) is 17.7 Å². The van der Waals surface area contributed by atoms with E-state index in [9.17, 15) is 4.79 Å². The maximum atomic E-state index is 12.7. The van der Waals surface area contributed by atoms with Gasteiger partial charge < -0.3 is 5.32 Å². The number of carbonyl (C=O) groups excluding carboxylic acids is 1. The molecular weight excluding hydrogens is 294 g/mol. The fraction of sp³-hybridized carbons (Fsp3) is 0.176. The maximum Gasteiger partial charge on any atom is 0.331 e. The number of rotatable bonds is 1. The average Bonchev–Trinajstić information content (AvgIpc) is 2.78. The quantitative estimate of drug-likeness (QED) is 0.694. The Hall–Kier alpha value is -2.40. The fourth-order valence-corrected chi connectivity index (χ4v) is 3.99. The molecule has 0 saturated heterocycles. The number of hydrogen-bond acceptors (Lipinski definition) is 3. The lowest BCUT2D eigenvalue weighted by molar-refractivity contribution is 0.259. The first kappa shape index (κ1) is 13.3. The summed E-state index contributed by atoms with van der Waals surface area (Å²) in [5, 5.41) is 4.05. The zero-order valence-electron chi connectivity index (χ0n) is 12.6. The number of urea groups is 1. The van der Waals surface area contributed by atoms with Crippen LogP contribution in [-0.2, 0) is 0 Å². The van der Waals surface area contributed by atoms with Crippen molar-refractivity contribution in [2.24, 2.45) is 0 Å². The third-order valence-electron chi connectivity index (χ3n) is 4.02. The third-order valence-corrected chi connectivity index (χ3v) is 5.03. The Labute approximate surface area is 132 Å². The predicted octanol–water partition coefficient (Wildman–Crippen LogP) is 4.91. The molecule has 1 aromatic carbocycles. The number of benzene rings is 1. The van der Waals surface area contributed by atoms with Gasteiger partial charge in [-0.25, -0.2) is 9.78 Å². The lowest BCUT2D eigenvalue weighted by atomic mass is 10.1. The number of nitrogens with zero attached hydrogens (tertiary/aromatic N) is 2. The molecule has 4 nitrogen and oxygen atoms in total. The van der Waals surface area contributed by atoms with Gasteiger partial charge in [0.15, 0.2) is 0 Å². The summed E-state index contributed by atoms with van der Waals surface area (Å²) in [6.07, 6.45) is 1.77. The Kier molecular flexibility index (Phi) is 2.74. The number of anilines is 3. The molecule has 2 amide bonds. The first-order valence-electron chi connectivity index (χ1n) is 7.13. The average molecular weight is 309 g/mol. The molecule has 4 rings (SSSR count). The number of amides is 2. The number of aromatic nitrogens is 1. The van der Waals surface area contributed by atoms with Crippen LogP contribution in [0.5, 0.6) is 0 Å². The van der Waals surface area contributed by atoms with Gasteiger partial charge in [-0.05, 0) is 38.5 Å². The van der Waals surface area contributed by atoms with Crippen molar-refractivity contribution in [1.82, 2.24) is 4.98 Å². The molecule has 1 N–H and O–H groups in total. The minimum absolute atomic E-state index is 0.117. The summed E-state index contributed by atoms with van der Waals surface area (Å²) in [5.41, 5.74) is 4.97. The van der Waals surface area contributed by atoms with Crippen LogP contribution in [0.15, 0.2) is 30.5 Å². The first-order valence-corrected chi connectivity index (χ1v) is 7.94. The number of pyridine rings is 1. The van der Waals surface area contributed by atoms with Crippen molar-refractivity contribution < 1.29 is 4.79 Å². The normalized spacial score (nSPS) is 13.6. The Morgan fingerprint density at radius 2 is 1.95 bits per heavy atom. The smallest absolute Gasteiger partial charge is 0.305 e. The van der Waals surface area contributed by atoms with E-state index in [2.05, 4.69) is 23.3 Å². The highest BCUT2D eigenvalue weighted by Crippen LogP contribution is 2.45. The molecular formula is C17H15N3OS. The number of carbonyl (C=O) groups is 1. The van der Waals surface area contributed by atoms with Crippen LogP contribution in [0.1, 0.15) is 16.0 Å². The molecule has 22 heavy (non-hydrogen) atoms. The standard InChI is InChI=1S/C17H15N3OS/c1-9-4-5-12(10(2)8-9)20-13-6-7-18-16-14(13)15(11(3)22-16)19-17(20)21/h4-8H,1-3H3,(H,19,21). The molecule has 0 bridgehead atoms. The zero-order chi connectivity index (χ0) is 15.4. The molecule has 3 heterocycles. The number of hydrogen-bond donors (Lipinski definition) is 1. The molecule has 0 unspecified atom stereocenters. The second-order valence-electron chi connectivity index (χ2n) is 5.60. The van der Waals surface area contributed by atoms with Crippen molar-refractivity contribution in [2.75, 3.05) is 10.2 Å². The van der Waals surface area contributed by atoms with Crippen LogP contribution < -0.4 is 10.2 Å². The van der Waals surface area contributed by atoms with Crippen LogP contribution in [0.25, 0.3) is 10.2 Å². The molecule has 1 aliphatic heterocycles. The summed E-state index contributed by atoms with van der Waals surface area (Å²) in [6.45, 7) is 6.10. The first-order chi connectivity index (χ1) is 10.6. The molecule has 0 fully saturated rings. The van der Waals surface area contributed by atoms with E-state index >= 15 is 0 Å². The van der Waals surface area contributed by atoms with Gasteiger partial charge >= 0.3 is 6.03 Å². The lowest BCUT2D eigenvalue weighted by Gasteiger charge is -2.29. The van der Waals surface area contributed by atoms with E-state index in [0.29, 0.717) is 0 Å². The zero-order valence-corrected chi connectivity index (χ0v) is 13.4. The van der Waals surface area contributed by atoms with Crippen molar-refractivity contribution in [3.8, 4) is 0 Å². The van der Waals surface area contributed by atoms with Crippen molar-refractivity contribution in [3.05, 3.63) is 46.5 Å². The summed E-state index contributed by atoms with van der Waals surface area (Å²) in [4.78, 5) is 20.9. The molecule has 110 valence electrons. The summed E-state index contributed by atoms with van der Waals surface area (Å²) in [7, 11) is 0. The molecule has 0 saturated carbocycles. The van der Waals surface area contributed by atoms with Gasteiger partial charge in [0.05, 0.1) is 22.4 Å². The highest BCUT2D eigenvalue weighted by molar-refractivity contribution is 7.19. The number of nitrogens with one attached hydrogen (secondary N) is 1. The summed E-state index contributed by atoms with van der Waals surface area (Å²) in [6, 6.07) is 7.92. The van der Waals surface area contributed by atoms with E-state index in [1.165, 1.54) is 5.56 Å². The van der Waals surface area contributed by atoms with E-state index in [-0.39, 0.29) is 6.03 Å². The molecule has 0 atom stereocenters. The van der Waals surface area contributed by atoms with E-state index in [4.69, 9.17) is 0 Å². The minimum atomic E-state index is -0.117. The van der Waals surface area contributed by atoms with Crippen molar-refractivity contribution >= 4 is 44.6 Å². The van der Waals surface area contributed by atoms with Gasteiger partial charge in [0.2, 0.25) is 0 Å². The number of thiophene rings is 1. The van der Waals surface area contributed by atoms with Gasteiger partial charge in [0.25, 0.3) is 0 Å². The van der Waals surface area contributed by atoms with Gasteiger partial charge in [-0.15, -0.1) is 11.3 Å². The summed E-state index contributed by atoms with van der Waals surface area (Å²) in [5.74, 6) is 0. The second kappa shape index (κ2) is 4.55. The SMILES string of the molecule is Cc1ccc(N2C(=O)Nc3c(C)sc4nccc2c34)c(C)c1. The Morgan fingerprint density at radius 3 is 2.73 bits per heavy atom. The van der Waals surface area contributed by atoms with Crippen LogP contribution in [0.3, 0.4) is 0 Å². The monoisotopic (exact) mass is 309 g/mol. The second-order valence-corrected chi connectivity index (χ2v) is 6.80. The van der Waals surface area contributed by atoms with E-state index in [1.807, 2.05) is 32.0 Å². The largest absolute Gasteiger partial charge is 0.331 e. The molecule has 1 aliphatic rings. The van der Waals surface area contributed by atoms with Crippen molar-refractivity contribution in [1.29, 1.82) is 0 Å². The van der Waals surface area contributed by atoms with Crippen LogP contribution in [0.4, 0.5) is 21.9 Å². The fourth-order valence-electron chi connectivity index (χ4n) is 3.02. The van der Waals surface area contributed by atoms with Crippen LogP contribution in [0.2, 0.25) is 0 Å². The van der Waals surface area contributed by atoms with Gasteiger partial charge in [-0.2, -0.15) is 0 Å². The molecule has 0 spiro atoms.